The van der Waals surface area contributed by atoms with Gasteiger partial charge in [0, 0.05) is 0 Å². The average molecular weight is 276 g/mol. The van der Waals surface area contributed by atoms with E-state index in [9.17, 15) is 4.79 Å². The third kappa shape index (κ3) is 10.9. The van der Waals surface area contributed by atoms with Gasteiger partial charge in [-0.15, -0.1) is 0 Å². The van der Waals surface area contributed by atoms with Gasteiger partial charge >= 0.3 is 13.1 Å². The molecule has 2 unspecified atom stereocenters. The first kappa shape index (κ1) is 20.7. The van der Waals surface area contributed by atoms with Crippen molar-refractivity contribution < 1.29 is 19.9 Å². The van der Waals surface area contributed by atoms with Crippen LogP contribution in [0, 0.1) is 11.8 Å². The van der Waals surface area contributed by atoms with Gasteiger partial charge in [-0.2, -0.15) is 0 Å². The molecule has 1 aliphatic carbocycles. The van der Waals surface area contributed by atoms with Crippen molar-refractivity contribution in [3.05, 3.63) is 0 Å². The van der Waals surface area contributed by atoms with Crippen LogP contribution in [0.3, 0.4) is 0 Å². The largest absolute Gasteiger partial charge is 0.481 e. The lowest BCUT2D eigenvalue weighted by atomic mass is 9.79. The Morgan fingerprint density at radius 3 is 2.16 bits per heavy atom. The molecule has 0 aromatic rings. The highest BCUT2D eigenvalue weighted by Gasteiger charge is 2.29. The van der Waals surface area contributed by atoms with Gasteiger partial charge in [0.15, 0.2) is 0 Å². The molecule has 6 nitrogen and oxygen atoms in total. The van der Waals surface area contributed by atoms with Gasteiger partial charge in [0.2, 0.25) is 0 Å². The standard InChI is InChI=1S/C9H17NO2.C2H7BO2.CH5N/c1-10-6-7-4-2-3-5-8(7)9(11)12;1-2-3(4)5;1-2/h7-8,10H,2-6H2,1H3,(H,11,12);4-5H,2H2,1H3;2H2,1H3. The van der Waals surface area contributed by atoms with Gasteiger partial charge in [-0.25, -0.2) is 0 Å². The monoisotopic (exact) mass is 276 g/mol. The topological polar surface area (TPSA) is 116 Å². The summed E-state index contributed by atoms with van der Waals surface area (Å²) in [6, 6.07) is 0. The maximum atomic E-state index is 10.8. The molecule has 1 saturated carbocycles. The van der Waals surface area contributed by atoms with Crippen LogP contribution in [0.4, 0.5) is 0 Å². The van der Waals surface area contributed by atoms with Crippen LogP contribution in [0.5, 0.6) is 0 Å². The fraction of sp³-hybridized carbons (Fsp3) is 0.917. The van der Waals surface area contributed by atoms with Gasteiger partial charge in [-0.1, -0.05) is 19.8 Å². The molecule has 1 aliphatic rings. The van der Waals surface area contributed by atoms with Gasteiger partial charge in [0.1, 0.15) is 0 Å². The van der Waals surface area contributed by atoms with Crippen LogP contribution in [-0.2, 0) is 4.79 Å². The maximum absolute atomic E-state index is 10.8. The Morgan fingerprint density at radius 2 is 1.79 bits per heavy atom. The summed E-state index contributed by atoms with van der Waals surface area (Å²) in [5, 5.41) is 27.8. The minimum atomic E-state index is -1.12. The smallest absolute Gasteiger partial charge is 0.451 e. The number of hydrogen-bond donors (Lipinski definition) is 5. The SMILES string of the molecule is CCB(O)O.CN.CNCC1CCCCC1C(=O)O. The van der Waals surface area contributed by atoms with Crippen LogP contribution in [0.2, 0.25) is 6.32 Å². The average Bonchev–Trinajstić information content (AvgIpc) is 2.42. The number of carboxylic acids is 1. The molecule has 0 saturated heterocycles. The highest BCUT2D eigenvalue weighted by Crippen LogP contribution is 2.29. The van der Waals surface area contributed by atoms with E-state index in [1.807, 2.05) is 7.05 Å². The van der Waals surface area contributed by atoms with E-state index >= 15 is 0 Å². The second-order valence-electron chi connectivity index (χ2n) is 4.44. The number of carboxylic acid groups (broad SMARTS) is 1. The Labute approximate surface area is 116 Å². The van der Waals surface area contributed by atoms with E-state index in [1.54, 1.807) is 6.92 Å². The zero-order valence-corrected chi connectivity index (χ0v) is 12.3. The minimum absolute atomic E-state index is 0.105. The van der Waals surface area contributed by atoms with Crippen molar-refractivity contribution in [2.45, 2.75) is 38.9 Å². The van der Waals surface area contributed by atoms with Crippen LogP contribution < -0.4 is 11.1 Å². The summed E-state index contributed by atoms with van der Waals surface area (Å²) >= 11 is 0. The molecular formula is C12H29BN2O4. The van der Waals surface area contributed by atoms with E-state index in [2.05, 4.69) is 11.1 Å². The normalized spacial score (nSPS) is 21.4. The summed E-state index contributed by atoms with van der Waals surface area (Å²) in [5.41, 5.74) is 4.50. The molecule has 7 heteroatoms. The highest BCUT2D eigenvalue weighted by molar-refractivity contribution is 6.40. The molecule has 6 N–H and O–H groups in total. The molecule has 0 heterocycles. The van der Waals surface area contributed by atoms with Crippen molar-refractivity contribution in [3.63, 3.8) is 0 Å². The first-order chi connectivity index (χ1) is 9.02. The molecule has 0 amide bonds. The van der Waals surface area contributed by atoms with E-state index in [4.69, 9.17) is 15.2 Å². The number of hydrogen-bond acceptors (Lipinski definition) is 5. The quantitative estimate of drug-likeness (QED) is 0.467. The molecule has 2 atom stereocenters. The van der Waals surface area contributed by atoms with Gasteiger partial charge in [0.05, 0.1) is 5.92 Å². The third-order valence-electron chi connectivity index (χ3n) is 3.06. The van der Waals surface area contributed by atoms with E-state index < -0.39 is 13.1 Å². The maximum Gasteiger partial charge on any atom is 0.451 e. The van der Waals surface area contributed by atoms with Crippen LogP contribution in [-0.4, -0.2) is 48.9 Å². The van der Waals surface area contributed by atoms with Crippen molar-refractivity contribution in [3.8, 4) is 0 Å². The lowest BCUT2D eigenvalue weighted by Gasteiger charge is -2.28. The van der Waals surface area contributed by atoms with Gasteiger partial charge in [-0.3, -0.25) is 4.79 Å². The summed E-state index contributed by atoms with van der Waals surface area (Å²) in [6.45, 7) is 2.54. The summed E-state index contributed by atoms with van der Waals surface area (Å²) in [5.74, 6) is -0.373. The van der Waals surface area contributed by atoms with Crippen LogP contribution in [0.1, 0.15) is 32.6 Å². The lowest BCUT2D eigenvalue weighted by Crippen LogP contribution is -2.33. The molecule has 0 radical (unpaired) electrons. The van der Waals surface area contributed by atoms with E-state index in [1.165, 1.54) is 13.5 Å². The van der Waals surface area contributed by atoms with Gasteiger partial charge < -0.3 is 26.2 Å². The number of rotatable bonds is 4. The predicted octanol–water partition coefficient (Wildman–Crippen LogP) is 0.151. The molecule has 1 rings (SSSR count). The molecule has 114 valence electrons. The highest BCUT2D eigenvalue weighted by atomic mass is 16.4. The molecule has 0 aromatic carbocycles. The Balaban J connectivity index is 0. The summed E-state index contributed by atoms with van der Waals surface area (Å²) in [7, 11) is 2.27. The minimum Gasteiger partial charge on any atom is -0.481 e. The second kappa shape index (κ2) is 13.8. The summed E-state index contributed by atoms with van der Waals surface area (Å²) in [4.78, 5) is 10.8. The third-order valence-corrected chi connectivity index (χ3v) is 3.06. The Bertz CT molecular complexity index is 216. The summed E-state index contributed by atoms with van der Waals surface area (Å²) < 4.78 is 0. The first-order valence-corrected chi connectivity index (χ1v) is 6.84. The molecule has 0 spiro atoms. The second-order valence-corrected chi connectivity index (χ2v) is 4.44. The number of nitrogens with two attached hydrogens (primary N) is 1. The molecule has 0 aliphatic heterocycles. The van der Waals surface area contributed by atoms with Crippen molar-refractivity contribution in [1.29, 1.82) is 0 Å². The molecule has 1 fully saturated rings. The Kier molecular flexibility index (Phi) is 15.0. The number of carbonyl (C=O) groups is 1. The van der Waals surface area contributed by atoms with Gasteiger partial charge in [0.25, 0.3) is 0 Å². The van der Waals surface area contributed by atoms with Crippen LogP contribution >= 0.6 is 0 Å². The van der Waals surface area contributed by atoms with Crippen molar-refractivity contribution in [2.24, 2.45) is 17.6 Å². The predicted molar refractivity (Wildman–Crippen MR) is 77.8 cm³/mol. The summed E-state index contributed by atoms with van der Waals surface area (Å²) in [6.07, 6.45) is 4.62. The molecule has 0 aromatic heterocycles. The fourth-order valence-electron chi connectivity index (χ4n) is 2.04. The van der Waals surface area contributed by atoms with E-state index in [0.717, 1.165) is 25.8 Å². The first-order valence-electron chi connectivity index (χ1n) is 6.84. The number of nitrogens with one attached hydrogen (secondary N) is 1. The lowest BCUT2D eigenvalue weighted by molar-refractivity contribution is -0.144. The van der Waals surface area contributed by atoms with Crippen molar-refractivity contribution in [1.82, 2.24) is 5.32 Å². The zero-order valence-electron chi connectivity index (χ0n) is 12.3. The van der Waals surface area contributed by atoms with Crippen LogP contribution in [0.15, 0.2) is 0 Å². The van der Waals surface area contributed by atoms with Gasteiger partial charge in [-0.05, 0) is 45.7 Å². The van der Waals surface area contributed by atoms with Crippen molar-refractivity contribution >= 4 is 13.1 Å². The number of aliphatic carboxylic acids is 1. The Hall–Kier alpha value is -0.625. The molecule has 19 heavy (non-hydrogen) atoms. The fourth-order valence-corrected chi connectivity index (χ4v) is 2.04. The van der Waals surface area contributed by atoms with Crippen LogP contribution in [0.25, 0.3) is 0 Å². The zero-order chi connectivity index (χ0) is 15.3. The molecular weight excluding hydrogens is 247 g/mol. The van der Waals surface area contributed by atoms with E-state index in [0.29, 0.717) is 12.2 Å². The van der Waals surface area contributed by atoms with Crippen molar-refractivity contribution in [2.75, 3.05) is 20.6 Å². The Morgan fingerprint density at radius 1 is 1.32 bits per heavy atom. The van der Waals surface area contributed by atoms with E-state index in [-0.39, 0.29) is 5.92 Å². The molecule has 0 bridgehead atoms.